The summed E-state index contributed by atoms with van der Waals surface area (Å²) < 4.78 is 28.0. The van der Waals surface area contributed by atoms with Gasteiger partial charge in [0.25, 0.3) is 0 Å². The second-order valence-electron chi connectivity index (χ2n) is 6.17. The minimum Gasteiger partial charge on any atom is -0.339 e. The largest absolute Gasteiger partial charge is 0.339 e. The van der Waals surface area contributed by atoms with E-state index in [-0.39, 0.29) is 30.7 Å². The van der Waals surface area contributed by atoms with Crippen molar-refractivity contribution < 1.29 is 13.6 Å². The second kappa shape index (κ2) is 6.19. The molecule has 1 aliphatic carbocycles. The summed E-state index contributed by atoms with van der Waals surface area (Å²) in [5.41, 5.74) is 0. The van der Waals surface area contributed by atoms with E-state index in [0.717, 1.165) is 38.5 Å². The van der Waals surface area contributed by atoms with Crippen LogP contribution in [0.4, 0.5) is 8.78 Å². The van der Waals surface area contributed by atoms with Crippen molar-refractivity contribution in [3.8, 4) is 0 Å². The highest BCUT2D eigenvalue weighted by molar-refractivity contribution is 5.76. The van der Waals surface area contributed by atoms with Crippen LogP contribution >= 0.6 is 0 Å². The minimum absolute atomic E-state index is 0.00201. The molecule has 0 N–H and O–H groups in total. The molecule has 0 bridgehead atoms. The molecule has 4 heteroatoms. The summed E-state index contributed by atoms with van der Waals surface area (Å²) in [6.45, 7) is 2.66. The Morgan fingerprint density at radius 1 is 1.21 bits per heavy atom. The van der Waals surface area contributed by atoms with E-state index in [1.54, 1.807) is 4.90 Å². The van der Waals surface area contributed by atoms with Gasteiger partial charge in [0.15, 0.2) is 0 Å². The predicted molar refractivity (Wildman–Crippen MR) is 71.2 cm³/mol. The summed E-state index contributed by atoms with van der Waals surface area (Å²) in [6, 6.07) is -0.239. The van der Waals surface area contributed by atoms with Crippen LogP contribution in [0, 0.1) is 5.92 Å². The van der Waals surface area contributed by atoms with Crippen molar-refractivity contribution in [2.75, 3.05) is 6.54 Å². The maximum absolute atomic E-state index is 14.0. The van der Waals surface area contributed by atoms with Crippen LogP contribution in [-0.4, -0.2) is 29.3 Å². The van der Waals surface area contributed by atoms with Crippen LogP contribution < -0.4 is 0 Å². The van der Waals surface area contributed by atoms with Gasteiger partial charge in [0.1, 0.15) is 0 Å². The van der Waals surface area contributed by atoms with Gasteiger partial charge in [0.05, 0.1) is 0 Å². The predicted octanol–water partition coefficient (Wildman–Crippen LogP) is 3.99. The summed E-state index contributed by atoms with van der Waals surface area (Å²) >= 11 is 0. The fourth-order valence-electron chi connectivity index (χ4n) is 3.49. The SMILES string of the molecule is CCC1CCC(N2CCCCCC2=O)CC(F)(F)C1. The summed E-state index contributed by atoms with van der Waals surface area (Å²) in [4.78, 5) is 13.8. The molecular weight excluding hydrogens is 248 g/mol. The average Bonchev–Trinajstić information content (AvgIpc) is 2.65. The third-order valence-corrected chi connectivity index (χ3v) is 4.66. The zero-order valence-corrected chi connectivity index (χ0v) is 11.8. The van der Waals surface area contributed by atoms with Gasteiger partial charge in [-0.25, -0.2) is 8.78 Å². The standard InChI is InChI=1S/C15H25F2NO/c1-2-12-7-8-13(11-15(16,17)10-12)18-9-5-3-4-6-14(18)19/h12-13H,2-11H2,1H3. The van der Waals surface area contributed by atoms with E-state index in [1.165, 1.54) is 0 Å². The van der Waals surface area contributed by atoms with E-state index in [9.17, 15) is 13.6 Å². The first-order chi connectivity index (χ1) is 9.02. The lowest BCUT2D eigenvalue weighted by atomic mass is 9.96. The van der Waals surface area contributed by atoms with Crippen LogP contribution in [0.5, 0.6) is 0 Å². The van der Waals surface area contributed by atoms with Crippen molar-refractivity contribution in [1.82, 2.24) is 4.90 Å². The Labute approximate surface area is 114 Å². The van der Waals surface area contributed by atoms with E-state index >= 15 is 0 Å². The first kappa shape index (κ1) is 14.7. The number of hydrogen-bond donors (Lipinski definition) is 0. The van der Waals surface area contributed by atoms with E-state index < -0.39 is 5.92 Å². The molecule has 2 aliphatic rings. The van der Waals surface area contributed by atoms with E-state index in [1.807, 2.05) is 6.92 Å². The molecule has 1 amide bonds. The first-order valence-corrected chi connectivity index (χ1v) is 7.69. The van der Waals surface area contributed by atoms with Crippen molar-refractivity contribution in [2.24, 2.45) is 5.92 Å². The number of carbonyl (C=O) groups excluding carboxylic acids is 1. The Morgan fingerprint density at radius 3 is 2.74 bits per heavy atom. The van der Waals surface area contributed by atoms with Crippen LogP contribution in [0.3, 0.4) is 0 Å². The molecule has 0 aromatic carbocycles. The van der Waals surface area contributed by atoms with Gasteiger partial charge in [-0.3, -0.25) is 4.79 Å². The van der Waals surface area contributed by atoms with Gasteiger partial charge < -0.3 is 4.90 Å². The highest BCUT2D eigenvalue weighted by Crippen LogP contribution is 2.38. The molecule has 0 aromatic rings. The van der Waals surface area contributed by atoms with Gasteiger partial charge >= 0.3 is 0 Å². The Hall–Kier alpha value is -0.670. The molecule has 0 aromatic heterocycles. The molecule has 2 nitrogen and oxygen atoms in total. The number of likely N-dealkylation sites (tertiary alicyclic amines) is 1. The Balaban J connectivity index is 2.07. The number of hydrogen-bond acceptors (Lipinski definition) is 1. The lowest BCUT2D eigenvalue weighted by molar-refractivity contribution is -0.134. The summed E-state index contributed by atoms with van der Waals surface area (Å²) in [5.74, 6) is -2.40. The molecule has 1 saturated carbocycles. The normalized spacial score (nSPS) is 32.8. The zero-order valence-electron chi connectivity index (χ0n) is 11.8. The third kappa shape index (κ3) is 3.90. The van der Waals surface area contributed by atoms with Crippen LogP contribution in [0.25, 0.3) is 0 Å². The molecule has 2 fully saturated rings. The number of rotatable bonds is 2. The smallest absolute Gasteiger partial charge is 0.250 e. The summed E-state index contributed by atoms with van der Waals surface area (Å²) in [6.07, 6.45) is 5.73. The first-order valence-electron chi connectivity index (χ1n) is 7.69. The van der Waals surface area contributed by atoms with Gasteiger partial charge in [0.2, 0.25) is 11.8 Å². The molecule has 0 radical (unpaired) electrons. The number of alkyl halides is 2. The van der Waals surface area contributed by atoms with Gasteiger partial charge in [-0.2, -0.15) is 0 Å². The van der Waals surface area contributed by atoms with Gasteiger partial charge in [-0.05, 0) is 31.6 Å². The lowest BCUT2D eigenvalue weighted by Gasteiger charge is -2.31. The molecule has 1 saturated heterocycles. The van der Waals surface area contributed by atoms with E-state index in [4.69, 9.17) is 0 Å². The van der Waals surface area contributed by atoms with Crippen LogP contribution in [0.15, 0.2) is 0 Å². The molecule has 2 unspecified atom stereocenters. The second-order valence-corrected chi connectivity index (χ2v) is 6.17. The number of carbonyl (C=O) groups is 1. The molecular formula is C15H25F2NO. The molecule has 2 rings (SSSR count). The monoisotopic (exact) mass is 273 g/mol. The maximum Gasteiger partial charge on any atom is 0.250 e. The van der Waals surface area contributed by atoms with Crippen molar-refractivity contribution in [2.45, 2.75) is 76.7 Å². The summed E-state index contributed by atoms with van der Waals surface area (Å²) in [5, 5.41) is 0. The van der Waals surface area contributed by atoms with Crippen molar-refractivity contribution >= 4 is 5.91 Å². The fraction of sp³-hybridized carbons (Fsp3) is 0.933. The average molecular weight is 273 g/mol. The topological polar surface area (TPSA) is 20.3 Å². The molecule has 2 atom stereocenters. The van der Waals surface area contributed by atoms with Gasteiger partial charge in [-0.15, -0.1) is 0 Å². The quantitative estimate of drug-likeness (QED) is 0.697. The molecule has 1 heterocycles. The van der Waals surface area contributed by atoms with Crippen molar-refractivity contribution in [1.29, 1.82) is 0 Å². The van der Waals surface area contributed by atoms with Crippen LogP contribution in [0.2, 0.25) is 0 Å². The van der Waals surface area contributed by atoms with Gasteiger partial charge in [-0.1, -0.05) is 19.8 Å². The molecule has 0 spiro atoms. The number of amides is 1. The Bertz CT molecular complexity index is 319. The maximum atomic E-state index is 14.0. The minimum atomic E-state index is -2.60. The number of nitrogens with zero attached hydrogens (tertiary/aromatic N) is 1. The zero-order chi connectivity index (χ0) is 13.9. The molecule has 19 heavy (non-hydrogen) atoms. The summed E-state index contributed by atoms with van der Waals surface area (Å²) in [7, 11) is 0. The Morgan fingerprint density at radius 2 is 2.00 bits per heavy atom. The number of halogens is 2. The highest BCUT2D eigenvalue weighted by Gasteiger charge is 2.40. The van der Waals surface area contributed by atoms with Gasteiger partial charge in [0, 0.05) is 31.8 Å². The molecule has 110 valence electrons. The Kier molecular flexibility index (Phi) is 4.80. The van der Waals surface area contributed by atoms with Crippen LogP contribution in [-0.2, 0) is 4.79 Å². The fourth-order valence-corrected chi connectivity index (χ4v) is 3.49. The van der Waals surface area contributed by atoms with E-state index in [0.29, 0.717) is 13.0 Å². The van der Waals surface area contributed by atoms with Crippen LogP contribution in [0.1, 0.15) is 64.7 Å². The van der Waals surface area contributed by atoms with E-state index in [2.05, 4.69) is 0 Å². The van der Waals surface area contributed by atoms with Crippen molar-refractivity contribution in [3.63, 3.8) is 0 Å². The third-order valence-electron chi connectivity index (χ3n) is 4.66. The highest BCUT2D eigenvalue weighted by atomic mass is 19.3. The lowest BCUT2D eigenvalue weighted by Crippen LogP contribution is -2.42. The molecule has 1 aliphatic heterocycles. The van der Waals surface area contributed by atoms with Crippen molar-refractivity contribution in [3.05, 3.63) is 0 Å².